The van der Waals surface area contributed by atoms with Gasteiger partial charge in [-0.1, -0.05) is 20.3 Å². The Balaban J connectivity index is 2.78. The van der Waals surface area contributed by atoms with E-state index < -0.39 is 11.9 Å². The maximum atomic E-state index is 12.3. The van der Waals surface area contributed by atoms with E-state index in [0.717, 1.165) is 12.8 Å². The monoisotopic (exact) mass is 264 g/mol. The largest absolute Gasteiger partial charge is 0.481 e. The number of hydrogen-bond acceptors (Lipinski definition) is 3. The van der Waals surface area contributed by atoms with Gasteiger partial charge in [-0.3, -0.25) is 14.6 Å². The molecule has 1 unspecified atom stereocenters. The third-order valence-corrected chi connectivity index (χ3v) is 2.91. The first-order chi connectivity index (χ1) is 9.06. The van der Waals surface area contributed by atoms with Crippen molar-refractivity contribution in [1.82, 2.24) is 9.88 Å². The van der Waals surface area contributed by atoms with E-state index in [1.165, 1.54) is 0 Å². The minimum Gasteiger partial charge on any atom is -0.481 e. The molecule has 0 saturated heterocycles. The first-order valence-corrected chi connectivity index (χ1v) is 6.48. The highest BCUT2D eigenvalue weighted by molar-refractivity contribution is 5.94. The molecule has 5 heteroatoms. The lowest BCUT2D eigenvalue weighted by Crippen LogP contribution is -2.37. The number of nitrogens with zero attached hydrogens (tertiary/aromatic N) is 2. The topological polar surface area (TPSA) is 70.5 Å². The Morgan fingerprint density at radius 3 is 2.53 bits per heavy atom. The molecule has 0 aliphatic rings. The fraction of sp³-hybridized carbons (Fsp3) is 0.500. The summed E-state index contributed by atoms with van der Waals surface area (Å²) in [6.45, 7) is 4.46. The van der Waals surface area contributed by atoms with Gasteiger partial charge in [0, 0.05) is 31.0 Å². The van der Waals surface area contributed by atoms with Crippen LogP contribution in [-0.4, -0.2) is 40.0 Å². The van der Waals surface area contributed by atoms with E-state index in [-0.39, 0.29) is 12.5 Å². The summed E-state index contributed by atoms with van der Waals surface area (Å²) in [5.74, 6) is -1.59. The van der Waals surface area contributed by atoms with E-state index in [1.807, 2.05) is 6.92 Å². The first-order valence-electron chi connectivity index (χ1n) is 6.48. The Morgan fingerprint density at radius 1 is 1.37 bits per heavy atom. The zero-order valence-corrected chi connectivity index (χ0v) is 11.4. The predicted molar refractivity (Wildman–Crippen MR) is 71.8 cm³/mol. The van der Waals surface area contributed by atoms with E-state index in [0.29, 0.717) is 12.1 Å². The molecule has 5 nitrogen and oxygen atoms in total. The van der Waals surface area contributed by atoms with Crippen LogP contribution >= 0.6 is 0 Å². The molecule has 0 aliphatic heterocycles. The molecule has 0 aliphatic carbocycles. The number of aromatic nitrogens is 1. The molecule has 1 N–H and O–H groups in total. The highest BCUT2D eigenvalue weighted by Gasteiger charge is 2.21. The van der Waals surface area contributed by atoms with Crippen LogP contribution in [0.1, 0.15) is 37.0 Å². The normalized spacial score (nSPS) is 11.9. The summed E-state index contributed by atoms with van der Waals surface area (Å²) in [5, 5.41) is 8.96. The number of carboxylic acid groups (broad SMARTS) is 1. The lowest BCUT2D eigenvalue weighted by atomic mass is 10.1. The van der Waals surface area contributed by atoms with Crippen molar-refractivity contribution >= 4 is 11.9 Å². The summed E-state index contributed by atoms with van der Waals surface area (Å²) < 4.78 is 0. The highest BCUT2D eigenvalue weighted by atomic mass is 16.4. The van der Waals surface area contributed by atoms with Gasteiger partial charge in [0.2, 0.25) is 0 Å². The molecule has 1 aromatic heterocycles. The first kappa shape index (κ1) is 15.1. The Bertz CT molecular complexity index is 420. The zero-order chi connectivity index (χ0) is 14.3. The summed E-state index contributed by atoms with van der Waals surface area (Å²) in [7, 11) is 0. The smallest absolute Gasteiger partial charge is 0.308 e. The Labute approximate surface area is 113 Å². The molecule has 1 aromatic rings. The second-order valence-electron chi connectivity index (χ2n) is 4.58. The fourth-order valence-corrected chi connectivity index (χ4v) is 1.71. The van der Waals surface area contributed by atoms with Gasteiger partial charge in [-0.15, -0.1) is 0 Å². The van der Waals surface area contributed by atoms with Crippen molar-refractivity contribution in [3.05, 3.63) is 30.1 Å². The number of aliphatic carboxylic acids is 1. The van der Waals surface area contributed by atoms with E-state index in [9.17, 15) is 9.59 Å². The Morgan fingerprint density at radius 2 is 2.00 bits per heavy atom. The van der Waals surface area contributed by atoms with E-state index >= 15 is 0 Å². The van der Waals surface area contributed by atoms with Crippen LogP contribution in [0, 0.1) is 5.92 Å². The van der Waals surface area contributed by atoms with E-state index in [4.69, 9.17) is 5.11 Å². The lowest BCUT2D eigenvalue weighted by molar-refractivity contribution is -0.141. The van der Waals surface area contributed by atoms with Crippen molar-refractivity contribution in [3.8, 4) is 0 Å². The molecule has 1 rings (SSSR count). The summed E-state index contributed by atoms with van der Waals surface area (Å²) >= 11 is 0. The lowest BCUT2D eigenvalue weighted by Gasteiger charge is -2.24. The quantitative estimate of drug-likeness (QED) is 0.818. The van der Waals surface area contributed by atoms with Crippen molar-refractivity contribution in [1.29, 1.82) is 0 Å². The van der Waals surface area contributed by atoms with Gasteiger partial charge in [-0.25, -0.2) is 0 Å². The van der Waals surface area contributed by atoms with Gasteiger partial charge in [0.15, 0.2) is 0 Å². The number of hydrogen-bond donors (Lipinski definition) is 1. The van der Waals surface area contributed by atoms with Crippen LogP contribution in [0.15, 0.2) is 24.5 Å². The molecular formula is C14H20N2O3. The van der Waals surface area contributed by atoms with Crippen LogP contribution in [-0.2, 0) is 4.79 Å². The van der Waals surface area contributed by atoms with Gasteiger partial charge in [0.25, 0.3) is 5.91 Å². The summed E-state index contributed by atoms with van der Waals surface area (Å²) in [6, 6.07) is 3.29. The Kier molecular flexibility index (Phi) is 5.99. The van der Waals surface area contributed by atoms with Crippen molar-refractivity contribution in [2.75, 3.05) is 13.1 Å². The molecule has 0 spiro atoms. The van der Waals surface area contributed by atoms with Crippen molar-refractivity contribution in [2.45, 2.75) is 26.7 Å². The second-order valence-corrected chi connectivity index (χ2v) is 4.58. The number of rotatable bonds is 7. The maximum absolute atomic E-state index is 12.3. The minimum absolute atomic E-state index is 0.135. The molecule has 0 saturated carbocycles. The van der Waals surface area contributed by atoms with Gasteiger partial charge in [-0.2, -0.15) is 0 Å². The number of carboxylic acids is 1. The highest BCUT2D eigenvalue weighted by Crippen LogP contribution is 2.09. The van der Waals surface area contributed by atoms with E-state index in [1.54, 1.807) is 36.4 Å². The SMILES string of the molecule is CCCCN(CC(C)C(=O)O)C(=O)c1ccncc1. The number of unbranched alkanes of at least 4 members (excludes halogenated alkanes) is 1. The summed E-state index contributed by atoms with van der Waals surface area (Å²) in [6.07, 6.45) is 4.95. The molecule has 1 heterocycles. The van der Waals surface area contributed by atoms with Gasteiger partial charge >= 0.3 is 5.97 Å². The van der Waals surface area contributed by atoms with Crippen molar-refractivity contribution in [3.63, 3.8) is 0 Å². The summed E-state index contributed by atoms with van der Waals surface area (Å²) in [4.78, 5) is 28.7. The molecule has 19 heavy (non-hydrogen) atoms. The van der Waals surface area contributed by atoms with Crippen LogP contribution in [0.3, 0.4) is 0 Å². The molecule has 0 aromatic carbocycles. The van der Waals surface area contributed by atoms with Gasteiger partial charge < -0.3 is 10.0 Å². The third-order valence-electron chi connectivity index (χ3n) is 2.91. The Hall–Kier alpha value is -1.91. The van der Waals surface area contributed by atoms with Crippen LogP contribution < -0.4 is 0 Å². The van der Waals surface area contributed by atoms with Crippen molar-refractivity contribution in [2.24, 2.45) is 5.92 Å². The van der Waals surface area contributed by atoms with Gasteiger partial charge in [0.05, 0.1) is 5.92 Å². The van der Waals surface area contributed by atoms with Crippen LogP contribution in [0.25, 0.3) is 0 Å². The molecular weight excluding hydrogens is 244 g/mol. The zero-order valence-electron chi connectivity index (χ0n) is 11.4. The number of pyridine rings is 1. The standard InChI is InChI=1S/C14H20N2O3/c1-3-4-9-16(10-11(2)14(18)19)13(17)12-5-7-15-8-6-12/h5-8,11H,3-4,9-10H2,1-2H3,(H,18,19). The van der Waals surface area contributed by atoms with Crippen molar-refractivity contribution < 1.29 is 14.7 Å². The van der Waals surface area contributed by atoms with Crippen LogP contribution in [0.5, 0.6) is 0 Å². The number of carbonyl (C=O) groups is 2. The number of carbonyl (C=O) groups excluding carboxylic acids is 1. The molecule has 1 amide bonds. The minimum atomic E-state index is -0.885. The molecule has 1 atom stereocenters. The second kappa shape index (κ2) is 7.51. The average Bonchev–Trinajstić information content (AvgIpc) is 2.43. The molecule has 0 bridgehead atoms. The fourth-order valence-electron chi connectivity index (χ4n) is 1.71. The van der Waals surface area contributed by atoms with E-state index in [2.05, 4.69) is 4.98 Å². The average molecular weight is 264 g/mol. The molecule has 0 fully saturated rings. The van der Waals surface area contributed by atoms with Gasteiger partial charge in [-0.05, 0) is 18.6 Å². The summed E-state index contributed by atoms with van der Waals surface area (Å²) in [5.41, 5.74) is 0.545. The third kappa shape index (κ3) is 4.69. The molecule has 0 radical (unpaired) electrons. The number of amides is 1. The molecule has 104 valence electrons. The maximum Gasteiger partial charge on any atom is 0.308 e. The predicted octanol–water partition coefficient (Wildman–Crippen LogP) is 2.04. The van der Waals surface area contributed by atoms with Gasteiger partial charge in [0.1, 0.15) is 0 Å². The van der Waals surface area contributed by atoms with Crippen LogP contribution in [0.4, 0.5) is 0 Å². The van der Waals surface area contributed by atoms with Crippen LogP contribution in [0.2, 0.25) is 0 Å².